The maximum Gasteiger partial charge on any atom is 0.255 e. The Kier molecular flexibility index (Phi) is 3.88. The zero-order chi connectivity index (χ0) is 14.7. The van der Waals surface area contributed by atoms with Gasteiger partial charge in [0.1, 0.15) is 11.8 Å². The lowest BCUT2D eigenvalue weighted by molar-refractivity contribution is -0.134. The van der Waals surface area contributed by atoms with Crippen molar-refractivity contribution in [3.63, 3.8) is 0 Å². The Morgan fingerprint density at radius 1 is 1.45 bits per heavy atom. The molecule has 0 aliphatic carbocycles. The molecule has 0 bridgehead atoms. The molecule has 1 atom stereocenters. The van der Waals surface area contributed by atoms with Crippen molar-refractivity contribution in [1.82, 2.24) is 10.6 Å². The van der Waals surface area contributed by atoms with Gasteiger partial charge in [-0.25, -0.2) is 0 Å². The van der Waals surface area contributed by atoms with Crippen LogP contribution in [-0.2, 0) is 9.59 Å². The van der Waals surface area contributed by atoms with Gasteiger partial charge < -0.3 is 15.8 Å². The van der Waals surface area contributed by atoms with E-state index in [1.54, 1.807) is 6.07 Å². The number of nitrogens with two attached hydrogens (primary N) is 1. The summed E-state index contributed by atoms with van der Waals surface area (Å²) < 4.78 is 5.08. The molecule has 4 N–H and O–H groups in total. The highest BCUT2D eigenvalue weighted by molar-refractivity contribution is 6.04. The first-order chi connectivity index (χ1) is 9.51. The Hall–Kier alpha value is -2.57. The number of carbonyl (C=O) groups is 3. The Balaban J connectivity index is 2.12. The lowest BCUT2D eigenvalue weighted by Gasteiger charge is -2.22. The number of anilines is 1. The van der Waals surface area contributed by atoms with Crippen molar-refractivity contribution in [2.24, 2.45) is 0 Å². The predicted molar refractivity (Wildman–Crippen MR) is 71.0 cm³/mol. The second-order valence-corrected chi connectivity index (χ2v) is 4.44. The van der Waals surface area contributed by atoms with E-state index in [0.29, 0.717) is 11.4 Å². The molecule has 0 saturated carbocycles. The van der Waals surface area contributed by atoms with Crippen LogP contribution in [0.15, 0.2) is 18.2 Å². The van der Waals surface area contributed by atoms with Gasteiger partial charge in [0.2, 0.25) is 11.8 Å². The minimum absolute atomic E-state index is 0.204. The van der Waals surface area contributed by atoms with Crippen LogP contribution in [0.4, 0.5) is 5.69 Å². The first kappa shape index (κ1) is 13.9. The number of piperidine rings is 1. The van der Waals surface area contributed by atoms with Gasteiger partial charge in [0, 0.05) is 18.2 Å². The summed E-state index contributed by atoms with van der Waals surface area (Å²) in [5.74, 6) is -0.944. The van der Waals surface area contributed by atoms with Crippen LogP contribution in [0.25, 0.3) is 0 Å². The Labute approximate surface area is 115 Å². The Bertz CT molecular complexity index is 571. The lowest BCUT2D eigenvalue weighted by atomic mass is 10.1. The molecule has 1 aliphatic heterocycles. The fourth-order valence-electron chi connectivity index (χ4n) is 1.96. The summed E-state index contributed by atoms with van der Waals surface area (Å²) in [6.45, 7) is 0. The van der Waals surface area contributed by atoms with Crippen molar-refractivity contribution in [1.29, 1.82) is 0 Å². The molecule has 20 heavy (non-hydrogen) atoms. The third kappa shape index (κ3) is 2.87. The Morgan fingerprint density at radius 2 is 2.20 bits per heavy atom. The van der Waals surface area contributed by atoms with Crippen molar-refractivity contribution >= 4 is 23.4 Å². The number of benzene rings is 1. The SMILES string of the molecule is COc1cc(N)ccc1C(=O)NC1CCC(=O)NC1=O. The predicted octanol–water partition coefficient (Wildman–Crippen LogP) is -0.188. The van der Waals surface area contributed by atoms with Gasteiger partial charge in [-0.05, 0) is 18.6 Å². The summed E-state index contributed by atoms with van der Waals surface area (Å²) in [6, 6.07) is 3.90. The van der Waals surface area contributed by atoms with E-state index in [1.807, 2.05) is 0 Å². The van der Waals surface area contributed by atoms with Crippen LogP contribution < -0.4 is 21.1 Å². The number of imide groups is 1. The van der Waals surface area contributed by atoms with E-state index < -0.39 is 17.9 Å². The number of carbonyl (C=O) groups excluding carboxylic acids is 3. The van der Waals surface area contributed by atoms with Gasteiger partial charge in [-0.3, -0.25) is 19.7 Å². The van der Waals surface area contributed by atoms with Gasteiger partial charge >= 0.3 is 0 Å². The summed E-state index contributed by atoms with van der Waals surface area (Å²) in [6.07, 6.45) is 0.489. The molecular weight excluding hydrogens is 262 g/mol. The minimum Gasteiger partial charge on any atom is -0.496 e. The van der Waals surface area contributed by atoms with Gasteiger partial charge in [-0.15, -0.1) is 0 Å². The number of methoxy groups -OCH3 is 1. The largest absolute Gasteiger partial charge is 0.496 e. The minimum atomic E-state index is -0.720. The normalized spacial score (nSPS) is 18.4. The van der Waals surface area contributed by atoms with Crippen molar-refractivity contribution in [2.45, 2.75) is 18.9 Å². The van der Waals surface area contributed by atoms with Crippen LogP contribution in [0.2, 0.25) is 0 Å². The summed E-state index contributed by atoms with van der Waals surface area (Å²) >= 11 is 0. The molecule has 7 nitrogen and oxygen atoms in total. The summed E-state index contributed by atoms with van der Waals surface area (Å²) in [5, 5.41) is 4.76. The average molecular weight is 277 g/mol. The molecule has 1 saturated heterocycles. The molecule has 1 aliphatic rings. The van der Waals surface area contributed by atoms with E-state index in [1.165, 1.54) is 19.2 Å². The van der Waals surface area contributed by atoms with Crippen LogP contribution in [0, 0.1) is 0 Å². The molecular formula is C13H15N3O4. The molecule has 0 spiro atoms. The maximum atomic E-state index is 12.1. The zero-order valence-electron chi connectivity index (χ0n) is 10.9. The highest BCUT2D eigenvalue weighted by Crippen LogP contribution is 2.21. The average Bonchev–Trinajstić information content (AvgIpc) is 2.41. The van der Waals surface area contributed by atoms with Gasteiger partial charge in [0.05, 0.1) is 12.7 Å². The summed E-state index contributed by atoms with van der Waals surface area (Å²) in [7, 11) is 1.43. The second kappa shape index (κ2) is 5.60. The number of nitrogen functional groups attached to an aromatic ring is 1. The van der Waals surface area contributed by atoms with Crippen LogP contribution >= 0.6 is 0 Å². The lowest BCUT2D eigenvalue weighted by Crippen LogP contribution is -2.52. The Morgan fingerprint density at radius 3 is 2.85 bits per heavy atom. The molecule has 1 aromatic rings. The monoisotopic (exact) mass is 277 g/mol. The highest BCUT2D eigenvalue weighted by atomic mass is 16.5. The molecule has 1 heterocycles. The maximum absolute atomic E-state index is 12.1. The molecule has 1 aromatic carbocycles. The molecule has 1 fully saturated rings. The number of amides is 3. The molecule has 1 unspecified atom stereocenters. The van der Waals surface area contributed by atoms with Crippen LogP contribution in [0.1, 0.15) is 23.2 Å². The van der Waals surface area contributed by atoms with Crippen LogP contribution in [-0.4, -0.2) is 30.9 Å². The second-order valence-electron chi connectivity index (χ2n) is 4.44. The van der Waals surface area contributed by atoms with Crippen molar-refractivity contribution in [3.8, 4) is 5.75 Å². The van der Waals surface area contributed by atoms with Crippen molar-refractivity contribution in [2.75, 3.05) is 12.8 Å². The van der Waals surface area contributed by atoms with E-state index in [2.05, 4.69) is 10.6 Å². The first-order valence-corrected chi connectivity index (χ1v) is 6.09. The quantitative estimate of drug-likeness (QED) is 0.524. The number of rotatable bonds is 3. The zero-order valence-corrected chi connectivity index (χ0v) is 10.9. The molecule has 2 rings (SSSR count). The smallest absolute Gasteiger partial charge is 0.255 e. The van der Waals surface area contributed by atoms with Gasteiger partial charge in [-0.1, -0.05) is 0 Å². The van der Waals surface area contributed by atoms with Crippen LogP contribution in [0.3, 0.4) is 0 Å². The fourth-order valence-corrected chi connectivity index (χ4v) is 1.96. The fraction of sp³-hybridized carbons (Fsp3) is 0.308. The van der Waals surface area contributed by atoms with E-state index in [-0.39, 0.29) is 24.3 Å². The molecule has 0 aromatic heterocycles. The van der Waals surface area contributed by atoms with Crippen molar-refractivity contribution < 1.29 is 19.1 Å². The number of hydrogen-bond donors (Lipinski definition) is 3. The van der Waals surface area contributed by atoms with Crippen molar-refractivity contribution in [3.05, 3.63) is 23.8 Å². The molecule has 3 amide bonds. The van der Waals surface area contributed by atoms with Crippen LogP contribution in [0.5, 0.6) is 5.75 Å². The number of ether oxygens (including phenoxy) is 1. The number of hydrogen-bond acceptors (Lipinski definition) is 5. The number of nitrogens with one attached hydrogen (secondary N) is 2. The summed E-state index contributed by atoms with van der Waals surface area (Å²) in [5.41, 5.74) is 6.37. The van der Waals surface area contributed by atoms with Gasteiger partial charge in [0.25, 0.3) is 5.91 Å². The standard InChI is InChI=1S/C13H15N3O4/c1-20-10-6-7(14)2-3-8(10)12(18)15-9-4-5-11(17)16-13(9)19/h2-3,6,9H,4-5,14H2,1H3,(H,15,18)(H,16,17,19). The third-order valence-corrected chi connectivity index (χ3v) is 3.01. The molecule has 106 valence electrons. The third-order valence-electron chi connectivity index (χ3n) is 3.01. The molecule has 7 heteroatoms. The molecule has 0 radical (unpaired) electrons. The van der Waals surface area contributed by atoms with E-state index >= 15 is 0 Å². The van der Waals surface area contributed by atoms with Gasteiger partial charge in [-0.2, -0.15) is 0 Å². The van der Waals surface area contributed by atoms with E-state index in [9.17, 15) is 14.4 Å². The first-order valence-electron chi connectivity index (χ1n) is 6.09. The summed E-state index contributed by atoms with van der Waals surface area (Å²) in [4.78, 5) is 34.8. The topological polar surface area (TPSA) is 111 Å². The van der Waals surface area contributed by atoms with E-state index in [0.717, 1.165) is 0 Å². The van der Waals surface area contributed by atoms with Gasteiger partial charge in [0.15, 0.2) is 0 Å². The van der Waals surface area contributed by atoms with E-state index in [4.69, 9.17) is 10.5 Å². The highest BCUT2D eigenvalue weighted by Gasteiger charge is 2.28.